The SMILES string of the molecule is CCN(C)C(=O)c1c(C)cccc1F. The number of halogens is 1. The van der Waals surface area contributed by atoms with Crippen molar-refractivity contribution in [3.05, 3.63) is 35.1 Å². The van der Waals surface area contributed by atoms with Gasteiger partial charge in [-0.15, -0.1) is 0 Å². The summed E-state index contributed by atoms with van der Waals surface area (Å²) >= 11 is 0. The summed E-state index contributed by atoms with van der Waals surface area (Å²) < 4.78 is 13.4. The van der Waals surface area contributed by atoms with Crippen molar-refractivity contribution in [2.45, 2.75) is 13.8 Å². The number of aryl methyl sites for hydroxylation is 1. The maximum atomic E-state index is 13.4. The molecule has 2 nitrogen and oxygen atoms in total. The predicted octanol–water partition coefficient (Wildman–Crippen LogP) is 2.23. The highest BCUT2D eigenvalue weighted by atomic mass is 19.1. The van der Waals surface area contributed by atoms with Gasteiger partial charge in [-0.05, 0) is 25.5 Å². The molecule has 0 fully saturated rings. The molecule has 0 atom stereocenters. The fourth-order valence-electron chi connectivity index (χ4n) is 1.24. The van der Waals surface area contributed by atoms with Gasteiger partial charge in [0.05, 0.1) is 5.56 Å². The standard InChI is InChI=1S/C11H14FNO/c1-4-13(3)11(14)10-8(2)6-5-7-9(10)12/h5-7H,4H2,1-3H3. The van der Waals surface area contributed by atoms with Crippen LogP contribution in [0.2, 0.25) is 0 Å². The fourth-order valence-corrected chi connectivity index (χ4v) is 1.24. The molecule has 1 aromatic carbocycles. The van der Waals surface area contributed by atoms with Gasteiger partial charge in [-0.1, -0.05) is 12.1 Å². The van der Waals surface area contributed by atoms with Crippen LogP contribution in [0.15, 0.2) is 18.2 Å². The molecule has 1 amide bonds. The van der Waals surface area contributed by atoms with Gasteiger partial charge in [0.2, 0.25) is 0 Å². The Kier molecular flexibility index (Phi) is 3.23. The van der Waals surface area contributed by atoms with E-state index >= 15 is 0 Å². The lowest BCUT2D eigenvalue weighted by molar-refractivity contribution is 0.0797. The summed E-state index contributed by atoms with van der Waals surface area (Å²) in [5.74, 6) is -0.710. The van der Waals surface area contributed by atoms with Crippen LogP contribution >= 0.6 is 0 Å². The van der Waals surface area contributed by atoms with Crippen LogP contribution in [0.3, 0.4) is 0 Å². The second-order valence-electron chi connectivity index (χ2n) is 3.25. The molecule has 0 saturated carbocycles. The first-order valence-electron chi connectivity index (χ1n) is 4.58. The van der Waals surface area contributed by atoms with E-state index < -0.39 is 5.82 Å². The van der Waals surface area contributed by atoms with Gasteiger partial charge in [0, 0.05) is 13.6 Å². The van der Waals surface area contributed by atoms with Crippen molar-refractivity contribution in [1.29, 1.82) is 0 Å². The van der Waals surface area contributed by atoms with Crippen molar-refractivity contribution in [1.82, 2.24) is 4.90 Å². The zero-order chi connectivity index (χ0) is 10.7. The minimum Gasteiger partial charge on any atom is -0.342 e. The number of hydrogen-bond donors (Lipinski definition) is 0. The number of nitrogens with zero attached hydrogens (tertiary/aromatic N) is 1. The highest BCUT2D eigenvalue weighted by Gasteiger charge is 2.16. The summed E-state index contributed by atoms with van der Waals surface area (Å²) in [5.41, 5.74) is 0.854. The molecule has 3 heteroatoms. The lowest BCUT2D eigenvalue weighted by Crippen LogP contribution is -2.27. The zero-order valence-electron chi connectivity index (χ0n) is 8.67. The normalized spacial score (nSPS) is 10.0. The molecule has 0 aromatic heterocycles. The molecular formula is C11H14FNO. The van der Waals surface area contributed by atoms with Crippen LogP contribution in [-0.4, -0.2) is 24.4 Å². The lowest BCUT2D eigenvalue weighted by Gasteiger charge is -2.16. The number of rotatable bonds is 2. The zero-order valence-corrected chi connectivity index (χ0v) is 8.67. The first-order valence-corrected chi connectivity index (χ1v) is 4.58. The maximum Gasteiger partial charge on any atom is 0.256 e. The summed E-state index contributed by atoms with van der Waals surface area (Å²) in [4.78, 5) is 13.2. The first kappa shape index (κ1) is 10.7. The number of amides is 1. The molecule has 0 bridgehead atoms. The van der Waals surface area contributed by atoms with E-state index in [2.05, 4.69) is 0 Å². The van der Waals surface area contributed by atoms with Crippen LogP contribution in [0.25, 0.3) is 0 Å². The molecule has 14 heavy (non-hydrogen) atoms. The van der Waals surface area contributed by atoms with Crippen molar-refractivity contribution in [2.75, 3.05) is 13.6 Å². The van der Waals surface area contributed by atoms with E-state index in [1.807, 2.05) is 6.92 Å². The Morgan fingerprint density at radius 2 is 2.14 bits per heavy atom. The number of hydrogen-bond acceptors (Lipinski definition) is 1. The molecule has 0 spiro atoms. The van der Waals surface area contributed by atoms with E-state index in [-0.39, 0.29) is 11.5 Å². The topological polar surface area (TPSA) is 20.3 Å². The largest absolute Gasteiger partial charge is 0.342 e. The molecule has 0 saturated heterocycles. The van der Waals surface area contributed by atoms with E-state index in [0.29, 0.717) is 12.1 Å². The van der Waals surface area contributed by atoms with Crippen molar-refractivity contribution in [3.63, 3.8) is 0 Å². The minimum absolute atomic E-state index is 0.178. The Morgan fingerprint density at radius 1 is 1.50 bits per heavy atom. The third-order valence-electron chi connectivity index (χ3n) is 2.26. The third kappa shape index (κ3) is 1.92. The molecule has 76 valence electrons. The molecule has 1 rings (SSSR count). The van der Waals surface area contributed by atoms with Gasteiger partial charge in [-0.3, -0.25) is 4.79 Å². The van der Waals surface area contributed by atoms with E-state index in [9.17, 15) is 9.18 Å². The molecule has 0 N–H and O–H groups in total. The molecule has 0 aliphatic heterocycles. The Bertz CT molecular complexity index is 329. The van der Waals surface area contributed by atoms with Gasteiger partial charge in [0.1, 0.15) is 5.82 Å². The smallest absolute Gasteiger partial charge is 0.256 e. The monoisotopic (exact) mass is 195 g/mol. The van der Waals surface area contributed by atoms with Crippen molar-refractivity contribution < 1.29 is 9.18 Å². The van der Waals surface area contributed by atoms with Crippen LogP contribution in [0.4, 0.5) is 4.39 Å². The number of carbonyl (C=O) groups is 1. The first-order chi connectivity index (χ1) is 6.57. The van der Waals surface area contributed by atoms with E-state index in [4.69, 9.17) is 0 Å². The lowest BCUT2D eigenvalue weighted by atomic mass is 10.1. The Hall–Kier alpha value is -1.38. The number of benzene rings is 1. The molecule has 0 aliphatic carbocycles. The van der Waals surface area contributed by atoms with Crippen LogP contribution < -0.4 is 0 Å². The van der Waals surface area contributed by atoms with E-state index in [1.165, 1.54) is 11.0 Å². The van der Waals surface area contributed by atoms with Crippen LogP contribution in [0.5, 0.6) is 0 Å². The highest BCUT2D eigenvalue weighted by molar-refractivity contribution is 5.95. The molecule has 0 unspecified atom stereocenters. The second-order valence-corrected chi connectivity index (χ2v) is 3.25. The maximum absolute atomic E-state index is 13.4. The third-order valence-corrected chi connectivity index (χ3v) is 2.26. The van der Waals surface area contributed by atoms with Gasteiger partial charge >= 0.3 is 0 Å². The van der Waals surface area contributed by atoms with Crippen LogP contribution in [0, 0.1) is 12.7 Å². The number of carbonyl (C=O) groups excluding carboxylic acids is 1. The van der Waals surface area contributed by atoms with Gasteiger partial charge in [-0.2, -0.15) is 0 Å². The van der Waals surface area contributed by atoms with Gasteiger partial charge in [0.25, 0.3) is 5.91 Å². The van der Waals surface area contributed by atoms with E-state index in [0.717, 1.165) is 0 Å². The fraction of sp³-hybridized carbons (Fsp3) is 0.364. The highest BCUT2D eigenvalue weighted by Crippen LogP contribution is 2.14. The Labute approximate surface area is 83.3 Å². The van der Waals surface area contributed by atoms with Gasteiger partial charge < -0.3 is 4.90 Å². The van der Waals surface area contributed by atoms with Gasteiger partial charge in [-0.25, -0.2) is 4.39 Å². The summed E-state index contributed by atoms with van der Waals surface area (Å²) in [5, 5.41) is 0. The molecule has 0 heterocycles. The summed E-state index contributed by atoms with van der Waals surface area (Å²) in [7, 11) is 1.66. The van der Waals surface area contributed by atoms with E-state index in [1.54, 1.807) is 26.1 Å². The quantitative estimate of drug-likeness (QED) is 0.708. The van der Waals surface area contributed by atoms with Crippen molar-refractivity contribution >= 4 is 5.91 Å². The molecule has 0 radical (unpaired) electrons. The molecule has 1 aromatic rings. The summed E-state index contributed by atoms with van der Waals surface area (Å²) in [6.45, 7) is 4.17. The van der Waals surface area contributed by atoms with Crippen LogP contribution in [0.1, 0.15) is 22.8 Å². The molecule has 0 aliphatic rings. The second kappa shape index (κ2) is 4.22. The van der Waals surface area contributed by atoms with Gasteiger partial charge in [0.15, 0.2) is 0 Å². The van der Waals surface area contributed by atoms with Crippen molar-refractivity contribution in [3.8, 4) is 0 Å². The summed E-state index contributed by atoms with van der Waals surface area (Å²) in [6.07, 6.45) is 0. The molecular weight excluding hydrogens is 181 g/mol. The minimum atomic E-state index is -0.449. The average Bonchev–Trinajstić information content (AvgIpc) is 2.16. The predicted molar refractivity (Wildman–Crippen MR) is 53.8 cm³/mol. The Balaban J connectivity index is 3.12. The summed E-state index contributed by atoms with van der Waals surface area (Å²) in [6, 6.07) is 4.65. The van der Waals surface area contributed by atoms with Crippen LogP contribution in [-0.2, 0) is 0 Å². The van der Waals surface area contributed by atoms with Crippen molar-refractivity contribution in [2.24, 2.45) is 0 Å². The average molecular weight is 195 g/mol. The Morgan fingerprint density at radius 3 is 2.64 bits per heavy atom.